The molecule has 6 rings (SSSR count). The van der Waals surface area contributed by atoms with Crippen molar-refractivity contribution in [1.82, 2.24) is 20.1 Å². The second-order valence-corrected chi connectivity index (χ2v) is 17.5. The summed E-state index contributed by atoms with van der Waals surface area (Å²) in [5.74, 6) is 1.80. The maximum absolute atomic E-state index is 13.4. The third-order valence-electron chi connectivity index (χ3n) is 10.2. The number of sulfonamides is 1. The van der Waals surface area contributed by atoms with Crippen molar-refractivity contribution in [2.24, 2.45) is 5.73 Å². The van der Waals surface area contributed by atoms with E-state index < -0.39 is 21.5 Å². The number of methoxy groups -OCH3 is 2. The molecule has 0 radical (unpaired) electrons. The molecule has 2 heterocycles. The topological polar surface area (TPSA) is 181 Å². The fraction of sp³-hybridized carbons (Fsp3) is 0.341. The summed E-state index contributed by atoms with van der Waals surface area (Å²) in [4.78, 5) is 37.0. The number of pyridine rings is 1. The number of rotatable bonds is 15. The van der Waals surface area contributed by atoms with Gasteiger partial charge in [-0.2, -0.15) is 0 Å². The summed E-state index contributed by atoms with van der Waals surface area (Å²) in [6.45, 7) is 11.6. The van der Waals surface area contributed by atoms with Crippen LogP contribution in [-0.4, -0.2) is 102 Å². The van der Waals surface area contributed by atoms with Crippen LogP contribution in [0, 0.1) is 0 Å². The molecule has 5 N–H and O–H groups in total. The van der Waals surface area contributed by atoms with E-state index in [0.29, 0.717) is 57.3 Å². The van der Waals surface area contributed by atoms with Gasteiger partial charge in [-0.15, -0.1) is 0 Å². The predicted octanol–water partition coefficient (Wildman–Crippen LogP) is 7.04. The molecule has 60 heavy (non-hydrogen) atoms. The molecule has 1 aromatic heterocycles. The first kappa shape index (κ1) is 43.5. The van der Waals surface area contributed by atoms with Crippen LogP contribution in [0.5, 0.6) is 23.0 Å². The maximum Gasteiger partial charge on any atom is 0.324 e. The van der Waals surface area contributed by atoms with Crippen LogP contribution < -0.4 is 40.2 Å². The number of ether oxygens (including phenoxy) is 3. The van der Waals surface area contributed by atoms with Crippen LogP contribution in [0.3, 0.4) is 0 Å². The van der Waals surface area contributed by atoms with Crippen molar-refractivity contribution in [3.8, 4) is 23.0 Å². The zero-order valence-corrected chi connectivity index (χ0v) is 36.0. The molecule has 0 spiro atoms. The number of nitrogens with two attached hydrogens (primary N) is 1. The van der Waals surface area contributed by atoms with Gasteiger partial charge in [0, 0.05) is 67.5 Å². The Hall–Kier alpha value is -6.10. The van der Waals surface area contributed by atoms with E-state index in [1.165, 1.54) is 19.1 Å². The molecule has 318 valence electrons. The Kier molecular flexibility index (Phi) is 13.4. The SMILES string of the molecule is COc1cc(Nc2cc(Oc3ccc(N(C(N)=O)c4cc(C(C)(C)C)cc(NS(C)(=O)=O)c4OC)c4ccccc34)ccn2)ccc1C(=O)NCCCN1CCN(C)CC1. The number of hydrogen-bond donors (Lipinski definition) is 4. The summed E-state index contributed by atoms with van der Waals surface area (Å²) in [6, 6.07) is 22.2. The second kappa shape index (κ2) is 18.4. The number of likely N-dealkylation sites (N-methyl/N-ethyl adjacent to an activating group) is 1. The van der Waals surface area contributed by atoms with Gasteiger partial charge in [0.2, 0.25) is 10.0 Å². The maximum atomic E-state index is 13.4. The van der Waals surface area contributed by atoms with E-state index in [-0.39, 0.29) is 23.0 Å². The van der Waals surface area contributed by atoms with Crippen molar-refractivity contribution in [3.63, 3.8) is 0 Å². The minimum absolute atomic E-state index is 0.121. The van der Waals surface area contributed by atoms with Crippen molar-refractivity contribution in [3.05, 3.63) is 96.2 Å². The molecule has 3 amide bonds. The minimum atomic E-state index is -3.72. The van der Waals surface area contributed by atoms with Gasteiger partial charge < -0.3 is 40.4 Å². The summed E-state index contributed by atoms with van der Waals surface area (Å²) in [5, 5.41) is 7.60. The largest absolute Gasteiger partial charge is 0.496 e. The third-order valence-corrected chi connectivity index (χ3v) is 10.8. The van der Waals surface area contributed by atoms with Crippen LogP contribution in [0.25, 0.3) is 10.8 Å². The fourth-order valence-corrected chi connectivity index (χ4v) is 7.61. The van der Waals surface area contributed by atoms with Gasteiger partial charge in [-0.05, 0) is 73.5 Å². The van der Waals surface area contributed by atoms with Crippen LogP contribution >= 0.6 is 0 Å². The molecule has 16 heteroatoms. The lowest BCUT2D eigenvalue weighted by molar-refractivity contribution is 0.0946. The summed E-state index contributed by atoms with van der Waals surface area (Å²) in [6.07, 6.45) is 3.52. The minimum Gasteiger partial charge on any atom is -0.496 e. The second-order valence-electron chi connectivity index (χ2n) is 15.8. The Balaban J connectivity index is 1.22. The number of primary amides is 1. The van der Waals surface area contributed by atoms with Crippen molar-refractivity contribution >= 4 is 61.3 Å². The molecule has 0 unspecified atom stereocenters. The zero-order valence-electron chi connectivity index (χ0n) is 35.2. The lowest BCUT2D eigenvalue weighted by Crippen LogP contribution is -2.45. The standard InChI is InChI=1S/C44H54N8O7S/c1-44(2,3)29-25-35(49-60(7,55)56)41(58-6)37(26-29)52(43(45)54)36-15-16-38(33-12-9-8-11-32(33)36)59-31-17-19-46-40(28-31)48-30-13-14-34(39(27-30)57-5)42(53)47-18-10-20-51-23-21-50(4)22-24-51/h8-9,11-17,19,25-28,49H,10,18,20-24H2,1-7H3,(H2,45,54)(H,46,48)(H,47,53). The number of anilines is 5. The Labute approximate surface area is 351 Å². The number of carbonyl (C=O) groups is 2. The molecule has 1 aliphatic heterocycles. The van der Waals surface area contributed by atoms with Crippen molar-refractivity contribution in [1.29, 1.82) is 0 Å². The fourth-order valence-electron chi connectivity index (χ4n) is 7.06. The van der Waals surface area contributed by atoms with Crippen LogP contribution in [0.1, 0.15) is 43.1 Å². The number of nitrogens with one attached hydrogen (secondary N) is 3. The first-order valence-electron chi connectivity index (χ1n) is 19.6. The Morgan fingerprint density at radius 3 is 2.28 bits per heavy atom. The summed E-state index contributed by atoms with van der Waals surface area (Å²) in [5.41, 5.74) is 8.35. The third kappa shape index (κ3) is 10.5. The molecule has 1 fully saturated rings. The Morgan fingerprint density at radius 2 is 1.62 bits per heavy atom. The van der Waals surface area contributed by atoms with E-state index in [4.69, 9.17) is 19.9 Å². The summed E-state index contributed by atoms with van der Waals surface area (Å²) >= 11 is 0. The van der Waals surface area contributed by atoms with Crippen molar-refractivity contribution in [2.75, 3.05) is 81.7 Å². The van der Waals surface area contributed by atoms with Gasteiger partial charge in [-0.1, -0.05) is 45.0 Å². The van der Waals surface area contributed by atoms with E-state index in [9.17, 15) is 18.0 Å². The van der Waals surface area contributed by atoms with E-state index in [0.717, 1.165) is 51.0 Å². The van der Waals surface area contributed by atoms with E-state index in [1.807, 2.05) is 45.0 Å². The number of benzene rings is 4. The number of carbonyl (C=O) groups excluding carboxylic acids is 2. The monoisotopic (exact) mass is 838 g/mol. The highest BCUT2D eigenvalue weighted by atomic mass is 32.2. The van der Waals surface area contributed by atoms with E-state index in [1.54, 1.807) is 60.8 Å². The van der Waals surface area contributed by atoms with Crippen LogP contribution in [0.4, 0.5) is 33.4 Å². The molecule has 1 aliphatic rings. The number of nitrogens with zero attached hydrogens (tertiary/aromatic N) is 4. The van der Waals surface area contributed by atoms with Gasteiger partial charge in [0.05, 0.1) is 43.1 Å². The lowest BCUT2D eigenvalue weighted by atomic mass is 9.86. The molecular weight excluding hydrogens is 785 g/mol. The van der Waals surface area contributed by atoms with Crippen LogP contribution in [-0.2, 0) is 15.4 Å². The molecule has 5 aromatic rings. The average molecular weight is 839 g/mol. The van der Waals surface area contributed by atoms with Gasteiger partial charge in [-0.3, -0.25) is 14.4 Å². The van der Waals surface area contributed by atoms with Gasteiger partial charge in [0.25, 0.3) is 5.91 Å². The first-order valence-corrected chi connectivity index (χ1v) is 21.5. The number of aromatic nitrogens is 1. The smallest absolute Gasteiger partial charge is 0.324 e. The normalized spacial score (nSPS) is 13.7. The molecule has 15 nitrogen and oxygen atoms in total. The quantitative estimate of drug-likeness (QED) is 0.0795. The summed E-state index contributed by atoms with van der Waals surface area (Å²) < 4.78 is 45.1. The van der Waals surface area contributed by atoms with Gasteiger partial charge in [-0.25, -0.2) is 18.2 Å². The molecule has 0 atom stereocenters. The van der Waals surface area contributed by atoms with Crippen molar-refractivity contribution in [2.45, 2.75) is 32.6 Å². The molecule has 4 aromatic carbocycles. The highest BCUT2D eigenvalue weighted by Crippen LogP contribution is 2.46. The number of piperazine rings is 1. The van der Waals surface area contributed by atoms with Crippen LogP contribution in [0.2, 0.25) is 0 Å². The highest BCUT2D eigenvalue weighted by molar-refractivity contribution is 7.92. The molecular formula is C44H54N8O7S. The highest BCUT2D eigenvalue weighted by Gasteiger charge is 2.28. The number of amides is 3. The lowest BCUT2D eigenvalue weighted by Gasteiger charge is -2.32. The van der Waals surface area contributed by atoms with Crippen LogP contribution in [0.15, 0.2) is 85.1 Å². The molecule has 0 saturated carbocycles. The average Bonchev–Trinajstić information content (AvgIpc) is 3.20. The van der Waals surface area contributed by atoms with Gasteiger partial charge in [0.15, 0.2) is 5.75 Å². The summed E-state index contributed by atoms with van der Waals surface area (Å²) in [7, 11) is 1.35. The molecule has 1 saturated heterocycles. The van der Waals surface area contributed by atoms with Gasteiger partial charge in [0.1, 0.15) is 23.1 Å². The Bertz CT molecular complexity index is 2470. The van der Waals surface area contributed by atoms with E-state index in [2.05, 4.69) is 37.2 Å². The predicted molar refractivity (Wildman–Crippen MR) is 237 cm³/mol. The molecule has 0 aliphatic carbocycles. The molecule has 0 bridgehead atoms. The number of fused-ring (bicyclic) bond motifs is 1. The number of urea groups is 1. The number of hydrogen-bond acceptors (Lipinski definition) is 11. The van der Waals surface area contributed by atoms with E-state index >= 15 is 0 Å². The van der Waals surface area contributed by atoms with Crippen molar-refractivity contribution < 1.29 is 32.2 Å². The van der Waals surface area contributed by atoms with Gasteiger partial charge >= 0.3 is 6.03 Å². The Morgan fingerprint density at radius 1 is 0.883 bits per heavy atom. The first-order chi connectivity index (χ1) is 28.5. The zero-order chi connectivity index (χ0) is 43.2.